The van der Waals surface area contributed by atoms with Crippen LogP contribution in [-0.4, -0.2) is 18.3 Å². The van der Waals surface area contributed by atoms with Crippen molar-refractivity contribution in [3.8, 4) is 0 Å². The van der Waals surface area contributed by atoms with Gasteiger partial charge < -0.3 is 9.30 Å². The van der Waals surface area contributed by atoms with Crippen molar-refractivity contribution < 1.29 is 4.74 Å². The van der Waals surface area contributed by atoms with E-state index in [0.717, 1.165) is 17.4 Å². The van der Waals surface area contributed by atoms with Gasteiger partial charge in [-0.15, -0.1) is 0 Å². The molecule has 0 unspecified atom stereocenters. The molecular formula is C12H14N4O. The Morgan fingerprint density at radius 2 is 2.24 bits per heavy atom. The van der Waals surface area contributed by atoms with E-state index < -0.39 is 0 Å². The lowest BCUT2D eigenvalue weighted by Crippen LogP contribution is -2.05. The molecule has 0 amide bonds. The molecule has 0 N–H and O–H groups in total. The van der Waals surface area contributed by atoms with Crippen molar-refractivity contribution in [2.24, 2.45) is 5.11 Å². The molecule has 0 saturated carbocycles. The maximum absolute atomic E-state index is 8.40. The van der Waals surface area contributed by atoms with E-state index >= 15 is 0 Å². The topological polar surface area (TPSA) is 62.9 Å². The van der Waals surface area contributed by atoms with Crippen molar-refractivity contribution in [3.05, 3.63) is 40.4 Å². The van der Waals surface area contributed by atoms with Gasteiger partial charge in [-0.1, -0.05) is 11.2 Å². The number of ether oxygens (including phenoxy) is 1. The summed E-state index contributed by atoms with van der Waals surface area (Å²) in [6.45, 7) is 3.57. The predicted octanol–water partition coefficient (Wildman–Crippen LogP) is 3.54. The summed E-state index contributed by atoms with van der Waals surface area (Å²) in [6.07, 6.45) is 0. The van der Waals surface area contributed by atoms with Gasteiger partial charge >= 0.3 is 0 Å². The summed E-state index contributed by atoms with van der Waals surface area (Å²) in [7, 11) is 1.70. The second-order valence-corrected chi connectivity index (χ2v) is 3.86. The molecule has 2 aromatic rings. The van der Waals surface area contributed by atoms with Crippen LogP contribution in [0.5, 0.6) is 0 Å². The van der Waals surface area contributed by atoms with Gasteiger partial charge in [-0.05, 0) is 30.7 Å². The van der Waals surface area contributed by atoms with Crippen molar-refractivity contribution in [1.82, 2.24) is 4.57 Å². The Labute approximate surface area is 99.2 Å². The monoisotopic (exact) mass is 230 g/mol. The van der Waals surface area contributed by atoms with Gasteiger partial charge in [-0.2, -0.15) is 0 Å². The number of fused-ring (bicyclic) bond motifs is 1. The number of benzene rings is 1. The molecule has 0 fully saturated rings. The lowest BCUT2D eigenvalue weighted by Gasteiger charge is -2.07. The Hall–Kier alpha value is -1.97. The van der Waals surface area contributed by atoms with Gasteiger partial charge in [0, 0.05) is 40.9 Å². The maximum atomic E-state index is 8.40. The Bertz CT molecular complexity index is 581. The highest BCUT2D eigenvalue weighted by molar-refractivity contribution is 5.84. The molecule has 0 bridgehead atoms. The lowest BCUT2D eigenvalue weighted by atomic mass is 10.2. The minimum atomic E-state index is 0.642. The fourth-order valence-corrected chi connectivity index (χ4v) is 1.99. The largest absolute Gasteiger partial charge is 0.383 e. The fourth-order valence-electron chi connectivity index (χ4n) is 1.99. The first kappa shape index (κ1) is 11.5. The first-order chi connectivity index (χ1) is 8.26. The fraction of sp³-hybridized carbons (Fsp3) is 0.333. The third-order valence-electron chi connectivity index (χ3n) is 2.77. The highest BCUT2D eigenvalue weighted by Crippen LogP contribution is 2.24. The molecule has 5 nitrogen and oxygen atoms in total. The van der Waals surface area contributed by atoms with E-state index in [1.807, 2.05) is 18.2 Å². The van der Waals surface area contributed by atoms with Crippen molar-refractivity contribution in [1.29, 1.82) is 0 Å². The predicted molar refractivity (Wildman–Crippen MR) is 67.4 cm³/mol. The molecule has 0 aliphatic carbocycles. The zero-order chi connectivity index (χ0) is 12.3. The van der Waals surface area contributed by atoms with Crippen LogP contribution in [0.4, 0.5) is 5.69 Å². The van der Waals surface area contributed by atoms with E-state index in [1.54, 1.807) is 7.11 Å². The van der Waals surface area contributed by atoms with E-state index in [0.29, 0.717) is 12.3 Å². The minimum absolute atomic E-state index is 0.642. The van der Waals surface area contributed by atoms with E-state index in [1.165, 1.54) is 5.69 Å². The Balaban J connectivity index is 2.48. The van der Waals surface area contributed by atoms with E-state index in [2.05, 4.69) is 27.6 Å². The number of hydrogen-bond acceptors (Lipinski definition) is 2. The van der Waals surface area contributed by atoms with Crippen molar-refractivity contribution in [2.45, 2.75) is 13.5 Å². The second-order valence-electron chi connectivity index (χ2n) is 3.86. The summed E-state index contributed by atoms with van der Waals surface area (Å²) in [5.74, 6) is 0. The number of rotatable bonds is 4. The Kier molecular flexibility index (Phi) is 3.32. The summed E-state index contributed by atoms with van der Waals surface area (Å²) in [5.41, 5.74) is 11.4. The van der Waals surface area contributed by atoms with Crippen molar-refractivity contribution >= 4 is 16.6 Å². The molecule has 5 heteroatoms. The van der Waals surface area contributed by atoms with E-state index in [9.17, 15) is 0 Å². The first-order valence-electron chi connectivity index (χ1n) is 5.40. The van der Waals surface area contributed by atoms with Crippen LogP contribution in [0.15, 0.2) is 29.4 Å². The molecule has 0 aliphatic heterocycles. The van der Waals surface area contributed by atoms with Crippen LogP contribution in [0.25, 0.3) is 21.3 Å². The molecule has 1 aromatic heterocycles. The van der Waals surface area contributed by atoms with Gasteiger partial charge in [0.25, 0.3) is 0 Å². The Morgan fingerprint density at radius 1 is 1.41 bits per heavy atom. The minimum Gasteiger partial charge on any atom is -0.383 e. The zero-order valence-electron chi connectivity index (χ0n) is 9.92. The lowest BCUT2D eigenvalue weighted by molar-refractivity contribution is 0.188. The summed E-state index contributed by atoms with van der Waals surface area (Å²) in [6, 6.07) is 7.78. The molecule has 0 radical (unpaired) electrons. The number of azide groups is 1. The van der Waals surface area contributed by atoms with Crippen LogP contribution in [0.1, 0.15) is 5.69 Å². The molecule has 2 rings (SSSR count). The molecule has 0 aliphatic rings. The third kappa shape index (κ3) is 2.25. The molecule has 0 atom stereocenters. The molecule has 0 spiro atoms. The zero-order valence-corrected chi connectivity index (χ0v) is 9.92. The van der Waals surface area contributed by atoms with Crippen LogP contribution in [-0.2, 0) is 11.3 Å². The average molecular weight is 230 g/mol. The molecule has 88 valence electrons. The summed E-state index contributed by atoms with van der Waals surface area (Å²) in [4.78, 5) is 2.79. The number of aromatic nitrogens is 1. The number of methoxy groups -OCH3 is 1. The maximum Gasteiger partial charge on any atom is 0.0642 e. The van der Waals surface area contributed by atoms with E-state index in [-0.39, 0.29) is 0 Å². The van der Waals surface area contributed by atoms with Gasteiger partial charge in [0.2, 0.25) is 0 Å². The van der Waals surface area contributed by atoms with Gasteiger partial charge in [0.05, 0.1) is 6.61 Å². The normalized spacial score (nSPS) is 10.5. The number of nitrogens with zero attached hydrogens (tertiary/aromatic N) is 4. The van der Waals surface area contributed by atoms with Gasteiger partial charge in [-0.3, -0.25) is 0 Å². The van der Waals surface area contributed by atoms with Crippen LogP contribution >= 0.6 is 0 Å². The molecule has 1 heterocycles. The van der Waals surface area contributed by atoms with Crippen LogP contribution in [0.2, 0.25) is 0 Å². The van der Waals surface area contributed by atoms with Crippen LogP contribution < -0.4 is 0 Å². The summed E-state index contributed by atoms with van der Waals surface area (Å²) < 4.78 is 7.29. The average Bonchev–Trinajstić information content (AvgIpc) is 2.62. The SMILES string of the molecule is COCCn1c(C)cc2cc(N=[N+]=[N-])ccc21. The van der Waals surface area contributed by atoms with Gasteiger partial charge in [0.15, 0.2) is 0 Å². The standard InChI is InChI=1S/C12H14N4O/c1-9-7-10-8-11(14-15-13)3-4-12(10)16(9)5-6-17-2/h3-4,7-8H,5-6H2,1-2H3. The van der Waals surface area contributed by atoms with Crippen LogP contribution in [0, 0.1) is 6.92 Å². The second kappa shape index (κ2) is 4.91. The molecule has 17 heavy (non-hydrogen) atoms. The molecular weight excluding hydrogens is 216 g/mol. The molecule has 1 aromatic carbocycles. The smallest absolute Gasteiger partial charge is 0.0642 e. The van der Waals surface area contributed by atoms with Crippen molar-refractivity contribution in [3.63, 3.8) is 0 Å². The van der Waals surface area contributed by atoms with Gasteiger partial charge in [0.1, 0.15) is 0 Å². The summed E-state index contributed by atoms with van der Waals surface area (Å²) >= 11 is 0. The van der Waals surface area contributed by atoms with E-state index in [4.69, 9.17) is 10.3 Å². The third-order valence-corrected chi connectivity index (χ3v) is 2.77. The Morgan fingerprint density at radius 3 is 2.94 bits per heavy atom. The number of aryl methyl sites for hydroxylation is 1. The van der Waals surface area contributed by atoms with Crippen molar-refractivity contribution in [2.75, 3.05) is 13.7 Å². The van der Waals surface area contributed by atoms with Crippen LogP contribution in [0.3, 0.4) is 0 Å². The highest BCUT2D eigenvalue weighted by Gasteiger charge is 2.05. The highest BCUT2D eigenvalue weighted by atomic mass is 16.5. The number of hydrogen-bond donors (Lipinski definition) is 0. The van der Waals surface area contributed by atoms with Gasteiger partial charge in [-0.25, -0.2) is 0 Å². The molecule has 0 saturated heterocycles. The quantitative estimate of drug-likeness (QED) is 0.450. The summed E-state index contributed by atoms with van der Waals surface area (Å²) in [5, 5.41) is 4.69. The first-order valence-corrected chi connectivity index (χ1v) is 5.40.